The van der Waals surface area contributed by atoms with Crippen molar-refractivity contribution in [3.8, 4) is 11.5 Å². The number of hydrogen-bond donors (Lipinski definition) is 3. The van der Waals surface area contributed by atoms with Crippen LogP contribution in [0.25, 0.3) is 0 Å². The van der Waals surface area contributed by atoms with Gasteiger partial charge in [-0.25, -0.2) is 0 Å². The van der Waals surface area contributed by atoms with Gasteiger partial charge in [-0.05, 0) is 26.8 Å². The van der Waals surface area contributed by atoms with Crippen LogP contribution in [0.3, 0.4) is 0 Å². The summed E-state index contributed by atoms with van der Waals surface area (Å²) in [5.74, 6) is -0.125. The van der Waals surface area contributed by atoms with E-state index in [0.717, 1.165) is 17.2 Å². The fourth-order valence-corrected chi connectivity index (χ4v) is 2.29. The fraction of sp³-hybridized carbons (Fsp3) is 0.294. The van der Waals surface area contributed by atoms with Crippen LogP contribution in [-0.2, 0) is 0 Å². The lowest BCUT2D eigenvalue weighted by atomic mass is 10.0. The highest BCUT2D eigenvalue weighted by atomic mass is 16.5. The maximum atomic E-state index is 12.3. The number of aromatic nitrogens is 1. The van der Waals surface area contributed by atoms with Gasteiger partial charge in [0.25, 0.3) is 11.5 Å². The quantitative estimate of drug-likeness (QED) is 0.789. The highest BCUT2D eigenvalue weighted by molar-refractivity contribution is 5.96. The van der Waals surface area contributed by atoms with E-state index in [2.05, 4.69) is 10.3 Å². The Morgan fingerprint density at radius 1 is 1.39 bits per heavy atom. The maximum absolute atomic E-state index is 12.3. The summed E-state index contributed by atoms with van der Waals surface area (Å²) in [6.07, 6.45) is 1.19. The molecule has 0 aliphatic carbocycles. The van der Waals surface area contributed by atoms with Crippen molar-refractivity contribution in [3.05, 3.63) is 57.5 Å². The zero-order valence-electron chi connectivity index (χ0n) is 13.3. The molecule has 23 heavy (non-hydrogen) atoms. The summed E-state index contributed by atoms with van der Waals surface area (Å²) in [6, 6.07) is 6.40. The van der Waals surface area contributed by atoms with Crippen LogP contribution in [0.5, 0.6) is 11.5 Å². The molecular weight excluding hydrogens is 296 g/mol. The Kier molecular flexibility index (Phi) is 5.05. The third-order valence-electron chi connectivity index (χ3n) is 3.43. The Morgan fingerprint density at radius 2 is 2.13 bits per heavy atom. The third-order valence-corrected chi connectivity index (χ3v) is 3.43. The van der Waals surface area contributed by atoms with Gasteiger partial charge in [-0.3, -0.25) is 9.59 Å². The molecule has 6 nitrogen and oxygen atoms in total. The van der Waals surface area contributed by atoms with Crippen molar-refractivity contribution in [2.45, 2.75) is 26.8 Å². The summed E-state index contributed by atoms with van der Waals surface area (Å²) in [5.41, 5.74) is 1.45. The summed E-state index contributed by atoms with van der Waals surface area (Å²) in [4.78, 5) is 25.8. The van der Waals surface area contributed by atoms with E-state index < -0.39 is 11.5 Å². The molecular formula is C17H20N2O4. The number of aromatic hydroxyl groups is 1. The summed E-state index contributed by atoms with van der Waals surface area (Å²) in [6.45, 7) is 6.21. The highest BCUT2D eigenvalue weighted by Crippen LogP contribution is 2.27. The van der Waals surface area contributed by atoms with Gasteiger partial charge in [0.1, 0.15) is 11.5 Å². The van der Waals surface area contributed by atoms with Gasteiger partial charge in [0.15, 0.2) is 0 Å². The minimum atomic E-state index is -0.477. The van der Waals surface area contributed by atoms with Crippen molar-refractivity contribution >= 4 is 5.91 Å². The molecule has 0 fully saturated rings. The lowest BCUT2D eigenvalue weighted by Crippen LogP contribution is -2.27. The number of rotatable bonds is 5. The van der Waals surface area contributed by atoms with Crippen molar-refractivity contribution in [1.29, 1.82) is 0 Å². The van der Waals surface area contributed by atoms with Gasteiger partial charge in [-0.2, -0.15) is 0 Å². The Morgan fingerprint density at radius 3 is 2.78 bits per heavy atom. The van der Waals surface area contributed by atoms with Crippen molar-refractivity contribution in [2.75, 3.05) is 6.61 Å². The SMILES string of the molecule is CCOc1ccc(C)cc1C(C)NC(=O)c1c[nH]c(=O)cc1O. The van der Waals surface area contributed by atoms with Gasteiger partial charge in [0, 0.05) is 17.8 Å². The van der Waals surface area contributed by atoms with Crippen molar-refractivity contribution in [2.24, 2.45) is 0 Å². The van der Waals surface area contributed by atoms with E-state index >= 15 is 0 Å². The average Bonchev–Trinajstić information content (AvgIpc) is 2.49. The summed E-state index contributed by atoms with van der Waals surface area (Å²) in [5, 5.41) is 12.5. The molecule has 1 heterocycles. The lowest BCUT2D eigenvalue weighted by Gasteiger charge is -2.19. The Hall–Kier alpha value is -2.76. The first-order valence-corrected chi connectivity index (χ1v) is 7.38. The number of H-pyrrole nitrogens is 1. The van der Waals surface area contributed by atoms with E-state index in [0.29, 0.717) is 12.4 Å². The smallest absolute Gasteiger partial charge is 0.257 e. The predicted molar refractivity (Wildman–Crippen MR) is 87.0 cm³/mol. The van der Waals surface area contributed by atoms with E-state index in [9.17, 15) is 14.7 Å². The molecule has 1 atom stereocenters. The van der Waals surface area contributed by atoms with Crippen molar-refractivity contribution in [3.63, 3.8) is 0 Å². The van der Waals surface area contributed by atoms with Crippen LogP contribution in [0.2, 0.25) is 0 Å². The number of hydrogen-bond acceptors (Lipinski definition) is 4. The molecule has 1 aromatic heterocycles. The second-order valence-corrected chi connectivity index (χ2v) is 5.27. The summed E-state index contributed by atoms with van der Waals surface area (Å²) >= 11 is 0. The number of pyridine rings is 1. The second-order valence-electron chi connectivity index (χ2n) is 5.27. The molecule has 0 saturated heterocycles. The monoisotopic (exact) mass is 316 g/mol. The van der Waals surface area contributed by atoms with E-state index in [-0.39, 0.29) is 17.4 Å². The summed E-state index contributed by atoms with van der Waals surface area (Å²) < 4.78 is 5.59. The van der Waals surface area contributed by atoms with Crippen molar-refractivity contribution in [1.82, 2.24) is 10.3 Å². The molecule has 0 bridgehead atoms. The number of aromatic amines is 1. The largest absolute Gasteiger partial charge is 0.507 e. The minimum Gasteiger partial charge on any atom is -0.507 e. The van der Waals surface area contributed by atoms with Gasteiger partial charge >= 0.3 is 0 Å². The molecule has 0 saturated carbocycles. The Balaban J connectivity index is 2.24. The van der Waals surface area contributed by atoms with Gasteiger partial charge in [0.2, 0.25) is 0 Å². The molecule has 1 amide bonds. The van der Waals surface area contributed by atoms with E-state index in [1.54, 1.807) is 0 Å². The summed E-state index contributed by atoms with van der Waals surface area (Å²) in [7, 11) is 0. The van der Waals surface area contributed by atoms with Crippen LogP contribution in [0, 0.1) is 6.92 Å². The number of carbonyl (C=O) groups excluding carboxylic acids is 1. The molecule has 3 N–H and O–H groups in total. The number of nitrogens with one attached hydrogen (secondary N) is 2. The number of carbonyl (C=O) groups is 1. The van der Waals surface area contributed by atoms with Gasteiger partial charge < -0.3 is 20.1 Å². The molecule has 2 aromatic rings. The number of amides is 1. The minimum absolute atomic E-state index is 0.0158. The fourth-order valence-electron chi connectivity index (χ4n) is 2.29. The van der Waals surface area contributed by atoms with E-state index in [1.165, 1.54) is 6.20 Å². The zero-order valence-corrected chi connectivity index (χ0v) is 13.3. The van der Waals surface area contributed by atoms with Crippen molar-refractivity contribution < 1.29 is 14.6 Å². The van der Waals surface area contributed by atoms with Crippen LogP contribution in [0.4, 0.5) is 0 Å². The van der Waals surface area contributed by atoms with Gasteiger partial charge in [-0.15, -0.1) is 0 Å². The first kappa shape index (κ1) is 16.6. The van der Waals surface area contributed by atoms with Crippen LogP contribution in [-0.4, -0.2) is 22.6 Å². The van der Waals surface area contributed by atoms with Gasteiger partial charge in [-0.1, -0.05) is 17.7 Å². The first-order chi connectivity index (χ1) is 10.9. The predicted octanol–water partition coefficient (Wildman–Crippen LogP) is 2.28. The molecule has 1 aromatic carbocycles. The lowest BCUT2D eigenvalue weighted by molar-refractivity contribution is 0.0936. The molecule has 0 radical (unpaired) electrons. The number of ether oxygens (including phenoxy) is 1. The molecule has 0 spiro atoms. The third kappa shape index (κ3) is 3.91. The molecule has 6 heteroatoms. The van der Waals surface area contributed by atoms with Crippen LogP contribution in [0.15, 0.2) is 35.3 Å². The van der Waals surface area contributed by atoms with E-state index in [1.807, 2.05) is 39.0 Å². The Labute approximate surface area is 134 Å². The number of benzene rings is 1. The molecule has 122 valence electrons. The van der Waals surface area contributed by atoms with E-state index in [4.69, 9.17) is 4.74 Å². The highest BCUT2D eigenvalue weighted by Gasteiger charge is 2.18. The first-order valence-electron chi connectivity index (χ1n) is 7.38. The molecule has 2 rings (SSSR count). The standard InChI is InChI=1S/C17H20N2O4/c1-4-23-15-6-5-10(2)7-12(15)11(3)19-17(22)13-9-18-16(21)8-14(13)20/h5-9,11H,4H2,1-3H3,(H,19,22)(H2,18,20,21). The molecule has 1 unspecified atom stereocenters. The van der Waals surface area contributed by atoms with Gasteiger partial charge in [0.05, 0.1) is 18.2 Å². The topological polar surface area (TPSA) is 91.4 Å². The Bertz CT molecular complexity index is 767. The number of aryl methyl sites for hydroxylation is 1. The second kappa shape index (κ2) is 7.00. The molecule has 0 aliphatic rings. The zero-order chi connectivity index (χ0) is 17.0. The normalized spacial score (nSPS) is 11.8. The average molecular weight is 316 g/mol. The van der Waals surface area contributed by atoms with Crippen LogP contribution >= 0.6 is 0 Å². The van der Waals surface area contributed by atoms with Crippen LogP contribution in [0.1, 0.15) is 41.4 Å². The maximum Gasteiger partial charge on any atom is 0.257 e. The molecule has 0 aliphatic heterocycles. The van der Waals surface area contributed by atoms with Crippen LogP contribution < -0.4 is 15.6 Å².